The average molecular weight is 272 g/mol. The number of rotatable bonds is 2. The van der Waals surface area contributed by atoms with E-state index in [0.717, 1.165) is 10.7 Å². The van der Waals surface area contributed by atoms with E-state index in [1.165, 1.54) is 57.8 Å². The first-order valence-corrected chi connectivity index (χ1v) is 7.43. The van der Waals surface area contributed by atoms with Crippen LogP contribution >= 0.6 is 15.9 Å². The van der Waals surface area contributed by atoms with Crippen molar-refractivity contribution >= 4 is 22.1 Å². The Balaban J connectivity index is 1.73. The van der Waals surface area contributed by atoms with Crippen molar-refractivity contribution in [1.82, 2.24) is 0 Å². The molecule has 15 heavy (non-hydrogen) atoms. The third kappa shape index (κ3) is 3.90. The van der Waals surface area contributed by atoms with E-state index in [0.29, 0.717) is 6.04 Å². The van der Waals surface area contributed by atoms with Gasteiger partial charge in [-0.25, -0.2) is 0 Å². The molecule has 0 atom stereocenters. The van der Waals surface area contributed by atoms with Gasteiger partial charge in [-0.3, -0.25) is 4.99 Å². The molecule has 0 N–H and O–H groups in total. The lowest BCUT2D eigenvalue weighted by Gasteiger charge is -2.23. The maximum atomic E-state index is 4.79. The van der Waals surface area contributed by atoms with Crippen LogP contribution in [0, 0.1) is 5.92 Å². The molecule has 2 aliphatic carbocycles. The Labute approximate surface area is 102 Å². The fourth-order valence-corrected chi connectivity index (χ4v) is 3.23. The molecule has 0 heterocycles. The highest BCUT2D eigenvalue weighted by Gasteiger charge is 2.18. The second-order valence-electron chi connectivity index (χ2n) is 5.10. The van der Waals surface area contributed by atoms with E-state index in [9.17, 15) is 0 Å². The van der Waals surface area contributed by atoms with Gasteiger partial charge in [-0.1, -0.05) is 35.2 Å². The molecule has 0 saturated heterocycles. The Morgan fingerprint density at radius 3 is 2.20 bits per heavy atom. The largest absolute Gasteiger partial charge is 0.294 e. The molecule has 0 aliphatic heterocycles. The molecule has 0 aromatic rings. The summed E-state index contributed by atoms with van der Waals surface area (Å²) in [6.45, 7) is 0. The van der Waals surface area contributed by atoms with Gasteiger partial charge in [0.15, 0.2) is 0 Å². The van der Waals surface area contributed by atoms with Crippen molar-refractivity contribution in [3.63, 3.8) is 0 Å². The first-order chi connectivity index (χ1) is 7.34. The highest BCUT2D eigenvalue weighted by molar-refractivity contribution is 9.09. The minimum Gasteiger partial charge on any atom is -0.294 e. The molecule has 0 spiro atoms. The Morgan fingerprint density at radius 1 is 0.867 bits per heavy atom. The molecule has 1 nitrogen and oxygen atoms in total. The number of alkyl halides is 1. The van der Waals surface area contributed by atoms with Gasteiger partial charge in [0.1, 0.15) is 0 Å². The van der Waals surface area contributed by atoms with Gasteiger partial charge >= 0.3 is 0 Å². The van der Waals surface area contributed by atoms with Crippen molar-refractivity contribution in [2.45, 2.75) is 68.7 Å². The third-order valence-electron chi connectivity index (χ3n) is 3.78. The zero-order valence-electron chi connectivity index (χ0n) is 9.50. The zero-order chi connectivity index (χ0) is 10.5. The summed E-state index contributed by atoms with van der Waals surface area (Å²) in [5, 5.41) is 0. The van der Waals surface area contributed by atoms with Gasteiger partial charge in [-0.15, -0.1) is 0 Å². The van der Waals surface area contributed by atoms with Crippen LogP contribution in [0.4, 0.5) is 0 Å². The average Bonchev–Trinajstić information content (AvgIpc) is 2.30. The van der Waals surface area contributed by atoms with Gasteiger partial charge in [0.05, 0.1) is 0 Å². The molecule has 2 fully saturated rings. The fourth-order valence-electron chi connectivity index (χ4n) is 2.70. The molecular weight excluding hydrogens is 250 g/mol. The first-order valence-electron chi connectivity index (χ1n) is 6.52. The molecule has 2 saturated carbocycles. The summed E-state index contributed by atoms with van der Waals surface area (Å²) in [6.07, 6.45) is 14.5. The Kier molecular flexibility index (Phi) is 4.67. The molecule has 0 unspecified atom stereocenters. The van der Waals surface area contributed by atoms with Crippen molar-refractivity contribution in [1.29, 1.82) is 0 Å². The molecular formula is C13H22BrN. The molecule has 0 amide bonds. The van der Waals surface area contributed by atoms with Crippen molar-refractivity contribution in [2.24, 2.45) is 10.9 Å². The lowest BCUT2D eigenvalue weighted by Crippen LogP contribution is -2.17. The molecule has 0 bridgehead atoms. The highest BCUT2D eigenvalue weighted by atomic mass is 79.9. The SMILES string of the molecule is BrC1CCC(C=NC2CCCCC2)CC1. The topological polar surface area (TPSA) is 12.4 Å². The summed E-state index contributed by atoms with van der Waals surface area (Å²) in [6, 6.07) is 0.667. The van der Waals surface area contributed by atoms with Crippen LogP contribution in [0.25, 0.3) is 0 Å². The van der Waals surface area contributed by atoms with Gasteiger partial charge in [0, 0.05) is 17.1 Å². The molecule has 2 aliphatic rings. The Morgan fingerprint density at radius 2 is 1.53 bits per heavy atom. The number of halogens is 1. The number of hydrogen-bond donors (Lipinski definition) is 0. The monoisotopic (exact) mass is 271 g/mol. The number of hydrogen-bond acceptors (Lipinski definition) is 1. The Bertz CT molecular complexity index is 201. The minimum atomic E-state index is 0.667. The van der Waals surface area contributed by atoms with Crippen LogP contribution in [0.5, 0.6) is 0 Å². The van der Waals surface area contributed by atoms with Crippen LogP contribution in [-0.2, 0) is 0 Å². The van der Waals surface area contributed by atoms with E-state index in [2.05, 4.69) is 22.1 Å². The quantitative estimate of drug-likeness (QED) is 0.523. The molecule has 2 heteroatoms. The smallest absolute Gasteiger partial charge is 0.0495 e. The van der Waals surface area contributed by atoms with Crippen LogP contribution in [0.3, 0.4) is 0 Å². The molecule has 86 valence electrons. The van der Waals surface area contributed by atoms with Crippen LogP contribution < -0.4 is 0 Å². The molecule has 0 radical (unpaired) electrons. The normalized spacial score (nSPS) is 34.7. The predicted molar refractivity (Wildman–Crippen MR) is 70.0 cm³/mol. The van der Waals surface area contributed by atoms with E-state index in [1.54, 1.807) is 0 Å². The standard InChI is InChI=1S/C13H22BrN/c14-12-8-6-11(7-9-12)10-15-13-4-2-1-3-5-13/h10-13H,1-9H2. The number of aliphatic imine (C=N–C) groups is 1. The van der Waals surface area contributed by atoms with Gasteiger partial charge in [-0.2, -0.15) is 0 Å². The molecule has 0 aromatic carbocycles. The number of nitrogens with zero attached hydrogens (tertiary/aromatic N) is 1. The van der Waals surface area contributed by atoms with Crippen molar-refractivity contribution in [3.05, 3.63) is 0 Å². The summed E-state index contributed by atoms with van der Waals surface area (Å²) in [4.78, 5) is 5.57. The van der Waals surface area contributed by atoms with Crippen LogP contribution in [-0.4, -0.2) is 17.1 Å². The third-order valence-corrected chi connectivity index (χ3v) is 4.70. The molecule has 2 rings (SSSR count). The summed E-state index contributed by atoms with van der Waals surface area (Å²) in [5.41, 5.74) is 0. The van der Waals surface area contributed by atoms with Gasteiger partial charge in [0.25, 0.3) is 0 Å². The van der Waals surface area contributed by atoms with Gasteiger partial charge in [0.2, 0.25) is 0 Å². The second kappa shape index (κ2) is 6.03. The highest BCUT2D eigenvalue weighted by Crippen LogP contribution is 2.28. The van der Waals surface area contributed by atoms with Gasteiger partial charge < -0.3 is 0 Å². The summed E-state index contributed by atoms with van der Waals surface area (Å²) in [7, 11) is 0. The zero-order valence-corrected chi connectivity index (χ0v) is 11.1. The van der Waals surface area contributed by atoms with E-state index >= 15 is 0 Å². The summed E-state index contributed by atoms with van der Waals surface area (Å²) in [5.74, 6) is 0.778. The maximum absolute atomic E-state index is 4.79. The van der Waals surface area contributed by atoms with Crippen molar-refractivity contribution in [3.8, 4) is 0 Å². The van der Waals surface area contributed by atoms with Crippen LogP contribution in [0.15, 0.2) is 4.99 Å². The van der Waals surface area contributed by atoms with E-state index in [4.69, 9.17) is 4.99 Å². The molecule has 0 aromatic heterocycles. The minimum absolute atomic E-state index is 0.667. The lowest BCUT2D eigenvalue weighted by atomic mass is 9.90. The summed E-state index contributed by atoms with van der Waals surface area (Å²) < 4.78 is 0. The van der Waals surface area contributed by atoms with E-state index in [-0.39, 0.29) is 0 Å². The van der Waals surface area contributed by atoms with E-state index in [1.807, 2.05) is 0 Å². The fraction of sp³-hybridized carbons (Fsp3) is 0.923. The van der Waals surface area contributed by atoms with Crippen molar-refractivity contribution in [2.75, 3.05) is 0 Å². The van der Waals surface area contributed by atoms with Crippen LogP contribution in [0.2, 0.25) is 0 Å². The van der Waals surface area contributed by atoms with E-state index < -0.39 is 0 Å². The first kappa shape index (κ1) is 11.6. The summed E-state index contributed by atoms with van der Waals surface area (Å²) >= 11 is 3.70. The Hall–Kier alpha value is 0.150. The van der Waals surface area contributed by atoms with Crippen LogP contribution in [0.1, 0.15) is 57.8 Å². The van der Waals surface area contributed by atoms with Gasteiger partial charge in [-0.05, 0) is 44.4 Å². The second-order valence-corrected chi connectivity index (χ2v) is 6.40. The van der Waals surface area contributed by atoms with Crippen molar-refractivity contribution < 1.29 is 0 Å². The lowest BCUT2D eigenvalue weighted by molar-refractivity contribution is 0.432. The maximum Gasteiger partial charge on any atom is 0.0495 e. The predicted octanol–water partition coefficient (Wildman–Crippen LogP) is 4.34.